The van der Waals surface area contributed by atoms with Gasteiger partial charge in [0.2, 0.25) is 0 Å². The van der Waals surface area contributed by atoms with Gasteiger partial charge >= 0.3 is 0 Å². The van der Waals surface area contributed by atoms with Crippen LogP contribution in [0.1, 0.15) is 12.8 Å². The van der Waals surface area contributed by atoms with Crippen molar-refractivity contribution in [2.75, 3.05) is 18.0 Å². The summed E-state index contributed by atoms with van der Waals surface area (Å²) < 4.78 is 1.35. The average Bonchev–Trinajstić information content (AvgIpc) is 3.42. The largest absolute Gasteiger partial charge is 0.505 e. The van der Waals surface area contributed by atoms with Crippen molar-refractivity contribution < 1.29 is 5.11 Å². The topological polar surface area (TPSA) is 74.2 Å². The highest BCUT2D eigenvalue weighted by Gasteiger charge is 2.17. The van der Waals surface area contributed by atoms with Crippen molar-refractivity contribution >= 4 is 28.2 Å². The summed E-state index contributed by atoms with van der Waals surface area (Å²) in [6.07, 6.45) is 5.63. The highest BCUT2D eigenvalue weighted by molar-refractivity contribution is 6.34. The zero-order valence-electron chi connectivity index (χ0n) is 15.6. The Balaban J connectivity index is 1.63. The number of aromatic nitrogens is 3. The summed E-state index contributed by atoms with van der Waals surface area (Å²) in [5.74, 6) is -0.126. The van der Waals surface area contributed by atoms with E-state index in [0.717, 1.165) is 24.2 Å². The number of fused-ring (bicyclic) bond motifs is 1. The predicted molar refractivity (Wildman–Crippen MR) is 115 cm³/mol. The van der Waals surface area contributed by atoms with Crippen molar-refractivity contribution in [2.45, 2.75) is 12.8 Å². The van der Waals surface area contributed by atoms with Gasteiger partial charge in [0.1, 0.15) is 0 Å². The van der Waals surface area contributed by atoms with Crippen molar-refractivity contribution in [3.63, 3.8) is 0 Å². The number of nitrogens with zero attached hydrogens (tertiary/aromatic N) is 3. The molecule has 0 atom stereocenters. The van der Waals surface area contributed by atoms with Crippen LogP contribution in [-0.2, 0) is 0 Å². The highest BCUT2D eigenvalue weighted by atomic mass is 35.5. The van der Waals surface area contributed by atoms with E-state index in [1.54, 1.807) is 30.6 Å². The lowest BCUT2D eigenvalue weighted by molar-refractivity contribution is 0.475. The first-order valence-electron chi connectivity index (χ1n) is 9.56. The van der Waals surface area contributed by atoms with E-state index in [1.807, 2.05) is 12.1 Å². The number of nitrogens with one attached hydrogen (secondary N) is 1. The summed E-state index contributed by atoms with van der Waals surface area (Å²) in [6, 6.07) is 13.5. The van der Waals surface area contributed by atoms with Crippen LogP contribution in [0.3, 0.4) is 0 Å². The van der Waals surface area contributed by atoms with E-state index in [9.17, 15) is 9.90 Å². The third kappa shape index (κ3) is 3.06. The lowest BCUT2D eigenvalue weighted by atomic mass is 10.0. The van der Waals surface area contributed by atoms with Crippen LogP contribution in [0, 0.1) is 0 Å². The molecule has 2 aromatic heterocycles. The number of H-pyrrole nitrogens is 1. The molecule has 29 heavy (non-hydrogen) atoms. The molecule has 0 radical (unpaired) electrons. The molecule has 2 N–H and O–H groups in total. The first-order chi connectivity index (χ1) is 14.1. The molecule has 0 aliphatic carbocycles. The van der Waals surface area contributed by atoms with Gasteiger partial charge in [0, 0.05) is 42.1 Å². The normalized spacial score (nSPS) is 14.0. The summed E-state index contributed by atoms with van der Waals surface area (Å²) in [6.45, 7) is 2.18. The summed E-state index contributed by atoms with van der Waals surface area (Å²) in [5, 5.41) is 15.9. The predicted octanol–water partition coefficient (Wildman–Crippen LogP) is 4.34. The molecule has 3 heterocycles. The third-order valence-corrected chi connectivity index (χ3v) is 5.75. The summed E-state index contributed by atoms with van der Waals surface area (Å²) >= 11 is 6.52. The Labute approximate surface area is 172 Å². The summed E-state index contributed by atoms with van der Waals surface area (Å²) in [7, 11) is 0. The first-order valence-corrected chi connectivity index (χ1v) is 9.93. The molecule has 0 amide bonds. The van der Waals surface area contributed by atoms with Gasteiger partial charge in [-0.05, 0) is 48.7 Å². The minimum atomic E-state index is -0.433. The van der Waals surface area contributed by atoms with Crippen molar-refractivity contribution in [1.29, 1.82) is 0 Å². The van der Waals surface area contributed by atoms with E-state index in [0.29, 0.717) is 15.9 Å². The van der Waals surface area contributed by atoms with Gasteiger partial charge in [-0.3, -0.25) is 4.79 Å². The molecular weight excluding hydrogens is 388 g/mol. The molecule has 4 aromatic rings. The minimum Gasteiger partial charge on any atom is -0.505 e. The molecule has 0 spiro atoms. The smallest absolute Gasteiger partial charge is 0.278 e. The fraction of sp³-hybridized carbons (Fsp3) is 0.182. The molecule has 6 nitrogen and oxygen atoms in total. The van der Waals surface area contributed by atoms with Gasteiger partial charge in [-0.15, -0.1) is 0 Å². The zero-order chi connectivity index (χ0) is 20.0. The third-order valence-electron chi connectivity index (χ3n) is 5.43. The number of hydrogen-bond donors (Lipinski definition) is 2. The van der Waals surface area contributed by atoms with E-state index < -0.39 is 5.56 Å². The Kier molecular flexibility index (Phi) is 4.28. The van der Waals surface area contributed by atoms with E-state index in [4.69, 9.17) is 11.6 Å². The molecule has 0 bridgehead atoms. The minimum absolute atomic E-state index is 0.0835. The van der Waals surface area contributed by atoms with Crippen molar-refractivity contribution in [3.05, 3.63) is 70.2 Å². The van der Waals surface area contributed by atoms with E-state index in [2.05, 4.69) is 27.1 Å². The fourth-order valence-corrected chi connectivity index (χ4v) is 4.22. The number of pyridine rings is 1. The number of anilines is 1. The molecular formula is C22H19ClN4O2. The Hall–Kier alpha value is -3.25. The Morgan fingerprint density at radius 1 is 1.10 bits per heavy atom. The maximum absolute atomic E-state index is 12.5. The monoisotopic (exact) mass is 406 g/mol. The molecule has 2 aromatic carbocycles. The first kappa shape index (κ1) is 17.8. The fourth-order valence-electron chi connectivity index (χ4n) is 3.95. The Morgan fingerprint density at radius 3 is 2.55 bits per heavy atom. The number of aromatic amines is 1. The number of halogens is 1. The van der Waals surface area contributed by atoms with Gasteiger partial charge in [0.15, 0.2) is 11.4 Å². The second-order valence-corrected chi connectivity index (χ2v) is 7.63. The Morgan fingerprint density at radius 2 is 1.86 bits per heavy atom. The van der Waals surface area contributed by atoms with Crippen molar-refractivity contribution in [1.82, 2.24) is 14.8 Å². The highest BCUT2D eigenvalue weighted by Crippen LogP contribution is 2.36. The second kappa shape index (κ2) is 6.97. The molecule has 0 unspecified atom stereocenters. The van der Waals surface area contributed by atoms with Gasteiger partial charge in [0.25, 0.3) is 5.56 Å². The van der Waals surface area contributed by atoms with Gasteiger partial charge in [0.05, 0.1) is 10.5 Å². The SMILES string of the molecule is O=c1[nH]c2cc(Cl)c(-c3ccc(N4CCCC4)cc3)cc2c(O)c1-n1cccn1. The number of benzene rings is 2. The van der Waals surface area contributed by atoms with Gasteiger partial charge in [-0.1, -0.05) is 23.7 Å². The molecule has 5 rings (SSSR count). The van der Waals surface area contributed by atoms with Gasteiger partial charge in [-0.2, -0.15) is 5.10 Å². The van der Waals surface area contributed by atoms with Crippen LogP contribution in [0.25, 0.3) is 27.7 Å². The van der Waals surface area contributed by atoms with Crippen LogP contribution in [0.2, 0.25) is 5.02 Å². The van der Waals surface area contributed by atoms with E-state index in [-0.39, 0.29) is 11.4 Å². The van der Waals surface area contributed by atoms with Crippen LogP contribution >= 0.6 is 11.6 Å². The maximum Gasteiger partial charge on any atom is 0.278 e. The van der Waals surface area contributed by atoms with Crippen LogP contribution < -0.4 is 10.5 Å². The molecule has 1 aliphatic rings. The van der Waals surface area contributed by atoms with Crippen LogP contribution in [0.15, 0.2) is 59.7 Å². The molecule has 1 aliphatic heterocycles. The lowest BCUT2D eigenvalue weighted by Crippen LogP contribution is -2.17. The maximum atomic E-state index is 12.5. The number of aromatic hydroxyl groups is 1. The standard InChI is InChI=1S/C22H19ClN4O2/c23-18-13-19-17(21(28)20(22(29)25-19)27-11-3-8-24-27)12-16(18)14-4-6-15(7-5-14)26-9-1-2-10-26/h3-8,11-13H,1-2,9-10H2,(H2,25,28,29). The number of rotatable bonds is 3. The zero-order valence-corrected chi connectivity index (χ0v) is 16.4. The Bertz CT molecular complexity index is 1240. The quantitative estimate of drug-likeness (QED) is 0.530. The van der Waals surface area contributed by atoms with Crippen LogP contribution in [-0.4, -0.2) is 33.0 Å². The van der Waals surface area contributed by atoms with Crippen LogP contribution in [0.4, 0.5) is 5.69 Å². The molecule has 146 valence electrons. The molecule has 1 saturated heterocycles. The average molecular weight is 407 g/mol. The van der Waals surface area contributed by atoms with Gasteiger partial charge < -0.3 is 15.0 Å². The second-order valence-electron chi connectivity index (χ2n) is 7.22. The lowest BCUT2D eigenvalue weighted by Gasteiger charge is -2.18. The van der Waals surface area contributed by atoms with E-state index in [1.165, 1.54) is 23.2 Å². The van der Waals surface area contributed by atoms with E-state index >= 15 is 0 Å². The summed E-state index contributed by atoms with van der Waals surface area (Å²) in [5.41, 5.74) is 3.08. The van der Waals surface area contributed by atoms with Crippen LogP contribution in [0.5, 0.6) is 5.75 Å². The molecule has 7 heteroatoms. The molecule has 1 fully saturated rings. The van der Waals surface area contributed by atoms with Crippen molar-refractivity contribution in [3.8, 4) is 22.6 Å². The summed E-state index contributed by atoms with van der Waals surface area (Å²) in [4.78, 5) is 17.6. The molecule has 0 saturated carbocycles. The van der Waals surface area contributed by atoms with Crippen molar-refractivity contribution in [2.24, 2.45) is 0 Å². The number of hydrogen-bond acceptors (Lipinski definition) is 4. The van der Waals surface area contributed by atoms with Gasteiger partial charge in [-0.25, -0.2) is 4.68 Å².